The summed E-state index contributed by atoms with van der Waals surface area (Å²) in [6, 6.07) is 13.9. The van der Waals surface area contributed by atoms with Crippen LogP contribution in [0.25, 0.3) is 4.91 Å². The predicted octanol–water partition coefficient (Wildman–Crippen LogP) is 6.88. The number of aromatic nitrogens is 6. The highest BCUT2D eigenvalue weighted by molar-refractivity contribution is 8.10. The van der Waals surface area contributed by atoms with Crippen molar-refractivity contribution in [3.8, 4) is 0 Å². The van der Waals surface area contributed by atoms with Gasteiger partial charge in [-0.15, -0.1) is 5.10 Å². The molecule has 0 saturated heterocycles. The van der Waals surface area contributed by atoms with Crippen LogP contribution in [0, 0.1) is 0 Å². The van der Waals surface area contributed by atoms with Crippen LogP contribution in [-0.2, 0) is 6.18 Å². The SMILES string of the molecule is C=CS/C(=C\C)c1nc(Sc2nc(Nc3ccccc3)nc(Nc3ccc(C(F)(F)F)cc3)n2)n[nH]1. The first-order valence-electron chi connectivity index (χ1n) is 10.4. The molecule has 0 fully saturated rings. The molecule has 8 nitrogen and oxygen atoms in total. The van der Waals surface area contributed by atoms with E-state index in [1.54, 1.807) is 5.41 Å². The van der Waals surface area contributed by atoms with Gasteiger partial charge in [0.05, 0.1) is 10.5 Å². The molecule has 4 rings (SSSR count). The van der Waals surface area contributed by atoms with Gasteiger partial charge in [0, 0.05) is 11.4 Å². The van der Waals surface area contributed by atoms with Crippen molar-refractivity contribution < 1.29 is 13.2 Å². The minimum absolute atomic E-state index is 0.137. The normalized spacial score (nSPS) is 11.8. The minimum Gasteiger partial charge on any atom is -0.324 e. The molecule has 0 amide bonds. The van der Waals surface area contributed by atoms with E-state index in [4.69, 9.17) is 0 Å². The number of alkyl halides is 3. The van der Waals surface area contributed by atoms with E-state index < -0.39 is 11.7 Å². The number of H-pyrrole nitrogens is 1. The first kappa shape index (κ1) is 25.3. The molecule has 0 aliphatic heterocycles. The summed E-state index contributed by atoms with van der Waals surface area (Å²) in [6.45, 7) is 5.59. The van der Waals surface area contributed by atoms with Gasteiger partial charge in [0.25, 0.3) is 0 Å². The zero-order valence-corrected chi connectivity index (χ0v) is 20.4. The molecule has 0 aliphatic carbocycles. The summed E-state index contributed by atoms with van der Waals surface area (Å²) in [5, 5.41) is 15.5. The van der Waals surface area contributed by atoms with Gasteiger partial charge in [-0.05, 0) is 60.5 Å². The van der Waals surface area contributed by atoms with Gasteiger partial charge in [-0.3, -0.25) is 5.10 Å². The van der Waals surface area contributed by atoms with Gasteiger partial charge in [-0.2, -0.15) is 28.1 Å². The number of halogens is 3. The maximum atomic E-state index is 12.9. The van der Waals surface area contributed by atoms with Crippen molar-refractivity contribution in [3.05, 3.63) is 84.0 Å². The summed E-state index contributed by atoms with van der Waals surface area (Å²) in [5.41, 5.74) is 0.386. The predicted molar refractivity (Wildman–Crippen MR) is 136 cm³/mol. The standard InChI is InChI=1S/C23H19F3N8S2/c1-3-17(35-4-2)18-29-22(34-33-18)36-21-31-19(27-15-8-6-5-7-9-15)30-20(32-21)28-16-12-10-14(11-13-16)23(24,25)26/h3-13H,2H2,1H3,(H,29,33,34)(H2,27,28,30,31,32)/b17-3-. The van der Waals surface area contributed by atoms with Crippen molar-refractivity contribution in [1.29, 1.82) is 0 Å². The molecule has 2 heterocycles. The number of hydrogen-bond acceptors (Lipinski definition) is 9. The molecule has 4 aromatic rings. The molecular formula is C23H19F3N8S2. The van der Waals surface area contributed by atoms with Crippen molar-refractivity contribution in [2.24, 2.45) is 0 Å². The Morgan fingerprint density at radius 1 is 0.889 bits per heavy atom. The van der Waals surface area contributed by atoms with E-state index in [0.717, 1.165) is 34.5 Å². The maximum absolute atomic E-state index is 12.9. The van der Waals surface area contributed by atoms with Gasteiger partial charge in [-0.25, -0.2) is 4.98 Å². The van der Waals surface area contributed by atoms with Crippen LogP contribution < -0.4 is 10.6 Å². The van der Waals surface area contributed by atoms with Crippen LogP contribution in [0.5, 0.6) is 0 Å². The average Bonchev–Trinajstić information content (AvgIpc) is 3.31. The highest BCUT2D eigenvalue weighted by Crippen LogP contribution is 2.31. The quantitative estimate of drug-likeness (QED) is 0.214. The zero-order chi connectivity index (χ0) is 25.5. The summed E-state index contributed by atoms with van der Waals surface area (Å²) in [6.07, 6.45) is -2.53. The first-order chi connectivity index (χ1) is 17.3. The number of thioether (sulfide) groups is 1. The van der Waals surface area contributed by atoms with Crippen molar-refractivity contribution in [1.82, 2.24) is 30.1 Å². The third-order valence-corrected chi connectivity index (χ3v) is 6.05. The second-order valence-electron chi connectivity index (χ2n) is 6.96. The van der Waals surface area contributed by atoms with Gasteiger partial charge in [0.2, 0.25) is 22.2 Å². The van der Waals surface area contributed by atoms with E-state index in [0.29, 0.717) is 16.7 Å². The highest BCUT2D eigenvalue weighted by Gasteiger charge is 2.30. The number of anilines is 4. The van der Waals surface area contributed by atoms with Crippen LogP contribution in [0.2, 0.25) is 0 Å². The minimum atomic E-state index is -4.42. The molecule has 36 heavy (non-hydrogen) atoms. The second kappa shape index (κ2) is 11.3. The van der Waals surface area contributed by atoms with Crippen molar-refractivity contribution in [2.75, 3.05) is 10.6 Å². The lowest BCUT2D eigenvalue weighted by atomic mass is 10.2. The molecule has 3 N–H and O–H groups in total. The number of para-hydroxylation sites is 1. The summed E-state index contributed by atoms with van der Waals surface area (Å²) >= 11 is 2.51. The van der Waals surface area contributed by atoms with Crippen molar-refractivity contribution in [3.63, 3.8) is 0 Å². The summed E-state index contributed by atoms with van der Waals surface area (Å²) in [7, 11) is 0. The van der Waals surface area contributed by atoms with Crippen LogP contribution >= 0.6 is 23.5 Å². The molecule has 0 atom stereocenters. The topological polar surface area (TPSA) is 104 Å². The third-order valence-electron chi connectivity index (χ3n) is 4.47. The molecular weight excluding hydrogens is 509 g/mol. The van der Waals surface area contributed by atoms with Crippen LogP contribution in [0.4, 0.5) is 36.4 Å². The lowest BCUT2D eigenvalue weighted by Gasteiger charge is -2.11. The fourth-order valence-electron chi connectivity index (χ4n) is 2.87. The Labute approximate surface area is 213 Å². The fourth-order valence-corrected chi connectivity index (χ4v) is 4.04. The first-order valence-corrected chi connectivity index (χ1v) is 12.1. The van der Waals surface area contributed by atoms with E-state index in [9.17, 15) is 13.2 Å². The van der Waals surface area contributed by atoms with Gasteiger partial charge in [0.1, 0.15) is 0 Å². The number of nitrogens with one attached hydrogen (secondary N) is 3. The molecule has 2 aromatic heterocycles. The van der Waals surface area contributed by atoms with Crippen LogP contribution in [0.1, 0.15) is 18.3 Å². The summed E-state index contributed by atoms with van der Waals surface area (Å²) in [4.78, 5) is 18.5. The van der Waals surface area contributed by atoms with Gasteiger partial charge in [-0.1, -0.05) is 42.6 Å². The number of aromatic amines is 1. The van der Waals surface area contributed by atoms with Crippen LogP contribution in [0.3, 0.4) is 0 Å². The van der Waals surface area contributed by atoms with Crippen LogP contribution in [0.15, 0.2) is 83.0 Å². The monoisotopic (exact) mass is 528 g/mol. The van der Waals surface area contributed by atoms with E-state index in [1.807, 2.05) is 43.3 Å². The molecule has 0 saturated carbocycles. The van der Waals surface area contributed by atoms with Gasteiger partial charge >= 0.3 is 6.18 Å². The summed E-state index contributed by atoms with van der Waals surface area (Å²) in [5.74, 6) is 0.947. The lowest BCUT2D eigenvalue weighted by molar-refractivity contribution is -0.137. The van der Waals surface area contributed by atoms with E-state index in [1.165, 1.54) is 23.9 Å². The number of hydrogen-bond donors (Lipinski definition) is 3. The molecule has 0 unspecified atom stereocenters. The number of rotatable bonds is 9. The van der Waals surface area contributed by atoms with Crippen LogP contribution in [-0.4, -0.2) is 30.1 Å². The Hall–Kier alpha value is -3.84. The van der Waals surface area contributed by atoms with Gasteiger partial charge < -0.3 is 10.6 Å². The van der Waals surface area contributed by atoms with Gasteiger partial charge in [0.15, 0.2) is 5.82 Å². The lowest BCUT2D eigenvalue weighted by Crippen LogP contribution is -2.06. The Morgan fingerprint density at radius 3 is 2.11 bits per heavy atom. The fraction of sp³-hybridized carbons (Fsp3) is 0.0870. The number of allylic oxidation sites excluding steroid dienone is 1. The third kappa shape index (κ3) is 6.64. The van der Waals surface area contributed by atoms with E-state index >= 15 is 0 Å². The molecule has 13 heteroatoms. The molecule has 184 valence electrons. The second-order valence-corrected chi connectivity index (χ2v) is 8.91. The van der Waals surface area contributed by atoms with Crippen molar-refractivity contribution >= 4 is 51.7 Å². The maximum Gasteiger partial charge on any atom is 0.416 e. The Kier molecular flexibility index (Phi) is 7.90. The Bertz CT molecular complexity index is 1360. The molecule has 2 aromatic carbocycles. The Balaban J connectivity index is 1.61. The molecule has 0 spiro atoms. The largest absolute Gasteiger partial charge is 0.416 e. The molecule has 0 bridgehead atoms. The van der Waals surface area contributed by atoms with E-state index in [-0.39, 0.29) is 17.1 Å². The smallest absolute Gasteiger partial charge is 0.324 e. The molecule has 0 aliphatic rings. The average molecular weight is 529 g/mol. The highest BCUT2D eigenvalue weighted by atomic mass is 32.2. The van der Waals surface area contributed by atoms with Crippen molar-refractivity contribution in [2.45, 2.75) is 23.4 Å². The Morgan fingerprint density at radius 2 is 1.53 bits per heavy atom. The number of benzene rings is 2. The van der Waals surface area contributed by atoms with E-state index in [2.05, 4.69) is 47.3 Å². The molecule has 0 radical (unpaired) electrons. The zero-order valence-electron chi connectivity index (χ0n) is 18.7. The number of nitrogens with zero attached hydrogens (tertiary/aromatic N) is 5. The summed E-state index contributed by atoms with van der Waals surface area (Å²) < 4.78 is 38.7.